The van der Waals surface area contributed by atoms with Crippen molar-refractivity contribution < 1.29 is 0 Å². The lowest BCUT2D eigenvalue weighted by molar-refractivity contribution is 0.268. The van der Waals surface area contributed by atoms with Crippen LogP contribution in [0, 0.1) is 0 Å². The number of hydrogen-bond acceptors (Lipinski definition) is 2. The Bertz CT molecular complexity index is 447. The van der Waals surface area contributed by atoms with Crippen LogP contribution in [0.15, 0.2) is 28.7 Å². The average molecular weight is 368 g/mol. The summed E-state index contributed by atoms with van der Waals surface area (Å²) < 4.78 is 1.71. The molecule has 1 nitrogen and oxygen atoms in total. The lowest BCUT2D eigenvalue weighted by Crippen LogP contribution is -2.47. The Morgan fingerprint density at radius 2 is 1.81 bits per heavy atom. The van der Waals surface area contributed by atoms with Crippen molar-refractivity contribution in [3.05, 3.63) is 34.3 Å². The molecule has 0 amide bonds. The lowest BCUT2D eigenvalue weighted by atomic mass is 9.75. The Hall–Kier alpha value is 0.01000. The quantitative estimate of drug-likeness (QED) is 0.752. The molecule has 2 aliphatic rings. The van der Waals surface area contributed by atoms with Crippen LogP contribution in [0.2, 0.25) is 0 Å². The second-order valence-corrected chi connectivity index (χ2v) is 8.94. The maximum absolute atomic E-state index is 3.86. The van der Waals surface area contributed by atoms with Crippen molar-refractivity contribution >= 4 is 27.7 Å². The summed E-state index contributed by atoms with van der Waals surface area (Å²) in [5.41, 5.74) is 1.51. The van der Waals surface area contributed by atoms with Gasteiger partial charge in [0.25, 0.3) is 0 Å². The fourth-order valence-electron chi connectivity index (χ4n) is 3.77. The third-order valence-electron chi connectivity index (χ3n) is 5.39. The highest BCUT2D eigenvalue weighted by Crippen LogP contribution is 2.40. The molecule has 21 heavy (non-hydrogen) atoms. The van der Waals surface area contributed by atoms with Crippen molar-refractivity contribution in [2.24, 2.45) is 0 Å². The largest absolute Gasteiger partial charge is 0.313 e. The van der Waals surface area contributed by atoms with Gasteiger partial charge in [-0.1, -0.05) is 47.3 Å². The van der Waals surface area contributed by atoms with Gasteiger partial charge >= 0.3 is 0 Å². The SMILES string of the molecule is CSC1(CNC2CC(c3ccc(Br)cc3)C2)CCCCC1. The average Bonchev–Trinajstić information content (AvgIpc) is 2.48. The Morgan fingerprint density at radius 3 is 2.43 bits per heavy atom. The van der Waals surface area contributed by atoms with E-state index >= 15 is 0 Å². The molecule has 0 aromatic heterocycles. The normalized spacial score (nSPS) is 28.1. The topological polar surface area (TPSA) is 12.0 Å². The number of halogens is 1. The number of rotatable bonds is 5. The maximum Gasteiger partial charge on any atom is 0.0281 e. The van der Waals surface area contributed by atoms with Gasteiger partial charge in [0.1, 0.15) is 0 Å². The van der Waals surface area contributed by atoms with Crippen LogP contribution in [0.3, 0.4) is 0 Å². The summed E-state index contributed by atoms with van der Waals surface area (Å²) in [5, 5.41) is 3.86. The van der Waals surface area contributed by atoms with Crippen LogP contribution in [0.25, 0.3) is 0 Å². The lowest BCUT2D eigenvalue weighted by Gasteiger charge is -2.41. The van der Waals surface area contributed by atoms with Gasteiger partial charge in [-0.05, 0) is 55.6 Å². The highest BCUT2D eigenvalue weighted by atomic mass is 79.9. The molecule has 0 bridgehead atoms. The molecule has 0 heterocycles. The van der Waals surface area contributed by atoms with Crippen molar-refractivity contribution in [2.45, 2.75) is 61.7 Å². The van der Waals surface area contributed by atoms with Crippen LogP contribution in [0.5, 0.6) is 0 Å². The molecule has 2 saturated carbocycles. The zero-order valence-corrected chi connectivity index (χ0v) is 15.3. The molecule has 1 aromatic carbocycles. The van der Waals surface area contributed by atoms with Crippen molar-refractivity contribution in [1.29, 1.82) is 0 Å². The highest BCUT2D eigenvalue weighted by molar-refractivity contribution is 9.10. The van der Waals surface area contributed by atoms with Crippen molar-refractivity contribution in [2.75, 3.05) is 12.8 Å². The first-order chi connectivity index (χ1) is 10.2. The summed E-state index contributed by atoms with van der Waals surface area (Å²) in [5.74, 6) is 0.771. The van der Waals surface area contributed by atoms with Crippen molar-refractivity contribution in [1.82, 2.24) is 5.32 Å². The Morgan fingerprint density at radius 1 is 1.14 bits per heavy atom. The molecule has 0 saturated heterocycles. The van der Waals surface area contributed by atoms with Gasteiger partial charge in [-0.2, -0.15) is 11.8 Å². The van der Waals surface area contributed by atoms with E-state index in [0.717, 1.165) is 12.0 Å². The summed E-state index contributed by atoms with van der Waals surface area (Å²) in [6.45, 7) is 1.21. The summed E-state index contributed by atoms with van der Waals surface area (Å²) in [4.78, 5) is 0. The number of nitrogens with one attached hydrogen (secondary N) is 1. The van der Waals surface area contributed by atoms with E-state index in [-0.39, 0.29) is 0 Å². The zero-order valence-electron chi connectivity index (χ0n) is 12.9. The molecule has 116 valence electrons. The van der Waals surface area contributed by atoms with E-state index in [4.69, 9.17) is 0 Å². The number of benzene rings is 1. The van der Waals surface area contributed by atoms with Gasteiger partial charge in [-0.25, -0.2) is 0 Å². The van der Waals surface area contributed by atoms with E-state index < -0.39 is 0 Å². The summed E-state index contributed by atoms with van der Waals surface area (Å²) in [6.07, 6.45) is 12.0. The highest BCUT2D eigenvalue weighted by Gasteiger charge is 2.35. The predicted molar refractivity (Wildman–Crippen MR) is 97.2 cm³/mol. The minimum Gasteiger partial charge on any atom is -0.313 e. The van der Waals surface area contributed by atoms with Gasteiger partial charge in [0, 0.05) is 21.8 Å². The number of thioether (sulfide) groups is 1. The van der Waals surface area contributed by atoms with E-state index in [9.17, 15) is 0 Å². The van der Waals surface area contributed by atoms with Crippen LogP contribution >= 0.6 is 27.7 Å². The summed E-state index contributed by atoms with van der Waals surface area (Å²) >= 11 is 5.62. The fraction of sp³-hybridized carbons (Fsp3) is 0.667. The van der Waals surface area contributed by atoms with E-state index in [0.29, 0.717) is 4.75 Å². The summed E-state index contributed by atoms with van der Waals surface area (Å²) in [6, 6.07) is 9.62. The minimum absolute atomic E-state index is 0.529. The van der Waals surface area contributed by atoms with Crippen LogP contribution in [0.1, 0.15) is 56.4 Å². The molecule has 3 rings (SSSR count). The van der Waals surface area contributed by atoms with E-state index in [1.54, 1.807) is 0 Å². The van der Waals surface area contributed by atoms with E-state index in [2.05, 4.69) is 63.5 Å². The number of hydrogen-bond donors (Lipinski definition) is 1. The predicted octanol–water partition coefficient (Wildman–Crippen LogP) is 5.35. The van der Waals surface area contributed by atoms with E-state index in [1.807, 2.05) is 0 Å². The molecule has 0 atom stereocenters. The Kier molecular flexibility index (Phi) is 5.34. The molecule has 0 radical (unpaired) electrons. The van der Waals surface area contributed by atoms with Gasteiger partial charge in [0.15, 0.2) is 0 Å². The molecule has 2 fully saturated rings. The molecule has 0 spiro atoms. The van der Waals surface area contributed by atoms with E-state index in [1.165, 1.54) is 61.5 Å². The molecule has 0 aliphatic heterocycles. The monoisotopic (exact) mass is 367 g/mol. The van der Waals surface area contributed by atoms with Gasteiger partial charge in [-0.15, -0.1) is 0 Å². The summed E-state index contributed by atoms with van der Waals surface area (Å²) in [7, 11) is 0. The molecular formula is C18H26BrNS. The van der Waals surface area contributed by atoms with Crippen molar-refractivity contribution in [3.8, 4) is 0 Å². The fourth-order valence-corrected chi connectivity index (χ4v) is 4.96. The molecular weight excluding hydrogens is 342 g/mol. The van der Waals surface area contributed by atoms with Crippen LogP contribution in [0.4, 0.5) is 0 Å². The second-order valence-electron chi connectivity index (χ2n) is 6.75. The van der Waals surface area contributed by atoms with Crippen molar-refractivity contribution in [3.63, 3.8) is 0 Å². The standard InChI is InChI=1S/C18H26BrNS/c1-21-18(9-3-2-4-10-18)13-20-17-11-15(12-17)14-5-7-16(19)8-6-14/h5-8,15,17,20H,2-4,9-13H2,1H3. The second kappa shape index (κ2) is 7.06. The smallest absolute Gasteiger partial charge is 0.0281 e. The first-order valence-electron chi connectivity index (χ1n) is 8.25. The molecule has 1 N–H and O–H groups in total. The molecule has 1 aromatic rings. The van der Waals surface area contributed by atoms with Crippen LogP contribution in [-0.2, 0) is 0 Å². The third kappa shape index (κ3) is 3.86. The zero-order chi connectivity index (χ0) is 14.7. The van der Waals surface area contributed by atoms with Gasteiger partial charge < -0.3 is 5.32 Å². The van der Waals surface area contributed by atoms with Gasteiger partial charge in [0.05, 0.1) is 0 Å². The van der Waals surface area contributed by atoms with Crippen LogP contribution < -0.4 is 5.32 Å². The first-order valence-corrected chi connectivity index (χ1v) is 10.3. The Labute approximate surface area is 141 Å². The minimum atomic E-state index is 0.529. The van der Waals surface area contributed by atoms with Gasteiger partial charge in [0.2, 0.25) is 0 Å². The van der Waals surface area contributed by atoms with Gasteiger partial charge in [-0.3, -0.25) is 0 Å². The molecule has 3 heteroatoms. The van der Waals surface area contributed by atoms with Crippen LogP contribution in [-0.4, -0.2) is 23.6 Å². The molecule has 2 aliphatic carbocycles. The first kappa shape index (κ1) is 15.9. The molecule has 0 unspecified atom stereocenters. The maximum atomic E-state index is 3.86. The third-order valence-corrected chi connectivity index (χ3v) is 7.34. The Balaban J connectivity index is 1.45.